The molecular formula is C15H15FN2O2. The first-order valence-electron chi connectivity index (χ1n) is 6.11. The van der Waals surface area contributed by atoms with Gasteiger partial charge in [0.05, 0.1) is 6.61 Å². The number of ether oxygens (including phenoxy) is 1. The Morgan fingerprint density at radius 1 is 1.20 bits per heavy atom. The Morgan fingerprint density at radius 3 is 2.75 bits per heavy atom. The maximum atomic E-state index is 13.3. The number of rotatable bonds is 5. The zero-order valence-corrected chi connectivity index (χ0v) is 10.8. The highest BCUT2D eigenvalue weighted by molar-refractivity contribution is 5.92. The molecule has 0 aliphatic carbocycles. The molecule has 4 nitrogen and oxygen atoms in total. The molecule has 2 rings (SSSR count). The van der Waals surface area contributed by atoms with Gasteiger partial charge in [-0.05, 0) is 24.3 Å². The SMILES string of the molecule is Nc1cccc(NC(=O)COCc2ccccc2F)c1. The normalized spacial score (nSPS) is 10.2. The average molecular weight is 274 g/mol. The van der Waals surface area contributed by atoms with Gasteiger partial charge in [0.25, 0.3) is 0 Å². The van der Waals surface area contributed by atoms with Crippen LogP contribution in [0.1, 0.15) is 5.56 Å². The molecule has 104 valence electrons. The molecule has 20 heavy (non-hydrogen) atoms. The van der Waals surface area contributed by atoms with E-state index in [1.54, 1.807) is 42.5 Å². The molecule has 0 saturated heterocycles. The van der Waals surface area contributed by atoms with Crippen molar-refractivity contribution in [3.8, 4) is 0 Å². The fraction of sp³-hybridized carbons (Fsp3) is 0.133. The van der Waals surface area contributed by atoms with E-state index in [1.165, 1.54) is 6.07 Å². The second kappa shape index (κ2) is 6.68. The summed E-state index contributed by atoms with van der Waals surface area (Å²) in [5.41, 5.74) is 7.19. The van der Waals surface area contributed by atoms with Gasteiger partial charge in [-0.25, -0.2) is 4.39 Å². The molecule has 5 heteroatoms. The van der Waals surface area contributed by atoms with Crippen molar-refractivity contribution >= 4 is 17.3 Å². The fourth-order valence-corrected chi connectivity index (χ4v) is 1.68. The van der Waals surface area contributed by atoms with Gasteiger partial charge in [0, 0.05) is 16.9 Å². The number of carbonyl (C=O) groups is 1. The maximum absolute atomic E-state index is 13.3. The molecular weight excluding hydrogens is 259 g/mol. The van der Waals surface area contributed by atoms with Crippen LogP contribution >= 0.6 is 0 Å². The Balaban J connectivity index is 1.80. The monoisotopic (exact) mass is 274 g/mol. The lowest BCUT2D eigenvalue weighted by molar-refractivity contribution is -0.121. The number of carbonyl (C=O) groups excluding carboxylic acids is 1. The average Bonchev–Trinajstić information content (AvgIpc) is 2.41. The summed E-state index contributed by atoms with van der Waals surface area (Å²) in [5.74, 6) is -0.657. The highest BCUT2D eigenvalue weighted by atomic mass is 19.1. The quantitative estimate of drug-likeness (QED) is 0.824. The molecule has 0 aliphatic rings. The zero-order chi connectivity index (χ0) is 14.4. The predicted molar refractivity (Wildman–Crippen MR) is 75.5 cm³/mol. The Labute approximate surface area is 116 Å². The predicted octanol–water partition coefficient (Wildman–Crippen LogP) is 2.56. The minimum atomic E-state index is -0.344. The summed E-state index contributed by atoms with van der Waals surface area (Å²) in [6, 6.07) is 13.1. The highest BCUT2D eigenvalue weighted by Gasteiger charge is 2.05. The van der Waals surface area contributed by atoms with Crippen molar-refractivity contribution < 1.29 is 13.9 Å². The molecule has 0 saturated carbocycles. The van der Waals surface area contributed by atoms with Crippen LogP contribution in [0.5, 0.6) is 0 Å². The minimum absolute atomic E-state index is 0.0526. The van der Waals surface area contributed by atoms with E-state index in [4.69, 9.17) is 10.5 Å². The van der Waals surface area contributed by atoms with E-state index in [-0.39, 0.29) is 24.9 Å². The number of halogens is 1. The van der Waals surface area contributed by atoms with Crippen LogP contribution in [0.4, 0.5) is 15.8 Å². The summed E-state index contributed by atoms with van der Waals surface area (Å²) < 4.78 is 18.5. The van der Waals surface area contributed by atoms with Gasteiger partial charge in [-0.1, -0.05) is 24.3 Å². The lowest BCUT2D eigenvalue weighted by Gasteiger charge is -2.07. The summed E-state index contributed by atoms with van der Waals surface area (Å²) in [6.45, 7) is -0.0971. The van der Waals surface area contributed by atoms with E-state index in [9.17, 15) is 9.18 Å². The van der Waals surface area contributed by atoms with Gasteiger partial charge in [0.1, 0.15) is 12.4 Å². The summed E-state index contributed by atoms with van der Waals surface area (Å²) in [7, 11) is 0. The standard InChI is InChI=1S/C15H15FN2O2/c16-14-7-2-1-4-11(14)9-20-10-15(19)18-13-6-3-5-12(17)8-13/h1-8H,9-10,17H2,(H,18,19). The topological polar surface area (TPSA) is 64.3 Å². The molecule has 0 aliphatic heterocycles. The van der Waals surface area contributed by atoms with Gasteiger partial charge in [0.2, 0.25) is 5.91 Å². The molecule has 0 aromatic heterocycles. The van der Waals surface area contributed by atoms with Crippen LogP contribution in [0.25, 0.3) is 0 Å². The van der Waals surface area contributed by atoms with Crippen LogP contribution in [-0.2, 0) is 16.1 Å². The first kappa shape index (κ1) is 14.0. The van der Waals surface area contributed by atoms with Crippen molar-refractivity contribution in [2.45, 2.75) is 6.61 Å². The third kappa shape index (κ3) is 4.07. The molecule has 2 aromatic carbocycles. The van der Waals surface area contributed by atoms with Crippen molar-refractivity contribution in [3.63, 3.8) is 0 Å². The van der Waals surface area contributed by atoms with E-state index in [0.717, 1.165) is 0 Å². The molecule has 2 aromatic rings. The number of nitrogens with two attached hydrogens (primary N) is 1. The minimum Gasteiger partial charge on any atom is -0.399 e. The number of hydrogen-bond donors (Lipinski definition) is 2. The van der Waals surface area contributed by atoms with Gasteiger partial charge >= 0.3 is 0 Å². The second-order valence-corrected chi connectivity index (χ2v) is 4.26. The van der Waals surface area contributed by atoms with Crippen LogP contribution in [0.3, 0.4) is 0 Å². The third-order valence-corrected chi connectivity index (χ3v) is 2.62. The second-order valence-electron chi connectivity index (χ2n) is 4.26. The molecule has 1 amide bonds. The largest absolute Gasteiger partial charge is 0.399 e. The Hall–Kier alpha value is -2.40. The van der Waals surface area contributed by atoms with Crippen molar-refractivity contribution in [2.75, 3.05) is 17.7 Å². The number of amides is 1. The smallest absolute Gasteiger partial charge is 0.250 e. The van der Waals surface area contributed by atoms with E-state index < -0.39 is 0 Å². The Kier molecular flexibility index (Phi) is 4.68. The lowest BCUT2D eigenvalue weighted by Crippen LogP contribution is -2.18. The molecule has 0 heterocycles. The zero-order valence-electron chi connectivity index (χ0n) is 10.8. The van der Waals surface area contributed by atoms with Crippen LogP contribution in [-0.4, -0.2) is 12.5 Å². The maximum Gasteiger partial charge on any atom is 0.250 e. The van der Waals surface area contributed by atoms with Crippen molar-refractivity contribution in [3.05, 3.63) is 59.9 Å². The van der Waals surface area contributed by atoms with Gasteiger partial charge in [-0.3, -0.25) is 4.79 Å². The van der Waals surface area contributed by atoms with Crippen molar-refractivity contribution in [1.29, 1.82) is 0 Å². The van der Waals surface area contributed by atoms with Crippen LogP contribution in [0.2, 0.25) is 0 Å². The van der Waals surface area contributed by atoms with Gasteiger partial charge < -0.3 is 15.8 Å². The lowest BCUT2D eigenvalue weighted by atomic mass is 10.2. The number of nitrogens with one attached hydrogen (secondary N) is 1. The molecule has 0 spiro atoms. The summed E-state index contributed by atoms with van der Waals surface area (Å²) >= 11 is 0. The first-order valence-corrected chi connectivity index (χ1v) is 6.11. The van der Waals surface area contributed by atoms with E-state index in [1.807, 2.05) is 0 Å². The Bertz CT molecular complexity index is 602. The molecule has 0 bridgehead atoms. The molecule has 0 atom stereocenters. The Morgan fingerprint density at radius 2 is 2.00 bits per heavy atom. The van der Waals surface area contributed by atoms with Crippen LogP contribution in [0.15, 0.2) is 48.5 Å². The van der Waals surface area contributed by atoms with Gasteiger partial charge in [0.15, 0.2) is 0 Å². The number of hydrogen-bond acceptors (Lipinski definition) is 3. The molecule has 0 fully saturated rings. The summed E-state index contributed by atoms with van der Waals surface area (Å²) in [5, 5.41) is 2.65. The highest BCUT2D eigenvalue weighted by Crippen LogP contribution is 2.12. The van der Waals surface area contributed by atoms with Crippen LogP contribution in [0, 0.1) is 5.82 Å². The number of nitrogen functional groups attached to an aromatic ring is 1. The summed E-state index contributed by atoms with van der Waals surface area (Å²) in [6.07, 6.45) is 0. The molecule has 0 unspecified atom stereocenters. The van der Waals surface area contributed by atoms with Crippen molar-refractivity contribution in [1.82, 2.24) is 0 Å². The molecule has 3 N–H and O–H groups in total. The van der Waals surface area contributed by atoms with E-state index >= 15 is 0 Å². The third-order valence-electron chi connectivity index (χ3n) is 2.62. The van der Waals surface area contributed by atoms with Crippen molar-refractivity contribution in [2.24, 2.45) is 0 Å². The number of benzene rings is 2. The van der Waals surface area contributed by atoms with Gasteiger partial charge in [-0.15, -0.1) is 0 Å². The van der Waals surface area contributed by atoms with E-state index in [0.29, 0.717) is 16.9 Å². The summed E-state index contributed by atoms with van der Waals surface area (Å²) in [4.78, 5) is 11.6. The van der Waals surface area contributed by atoms with Crippen LogP contribution < -0.4 is 11.1 Å². The van der Waals surface area contributed by atoms with Gasteiger partial charge in [-0.2, -0.15) is 0 Å². The fourth-order valence-electron chi connectivity index (χ4n) is 1.68. The molecule has 0 radical (unpaired) electrons. The first-order chi connectivity index (χ1) is 9.65. The van der Waals surface area contributed by atoms with E-state index in [2.05, 4.69) is 5.32 Å². The number of anilines is 2.